The zero-order valence-electron chi connectivity index (χ0n) is 12.2. The summed E-state index contributed by atoms with van der Waals surface area (Å²) in [5.74, 6) is -1.07. The first-order valence-electron chi connectivity index (χ1n) is 7.29. The molecule has 2 amide bonds. The van der Waals surface area contributed by atoms with Gasteiger partial charge in [0.05, 0.1) is 18.2 Å². The number of carbonyl (C=O) groups excluding carboxylic acids is 1. The Hall–Kier alpha value is -2.05. The molecule has 116 valence electrons. The molecular weight excluding hydrogens is 272 g/mol. The van der Waals surface area contributed by atoms with Crippen LogP contribution in [0.1, 0.15) is 31.4 Å². The quantitative estimate of drug-likeness (QED) is 0.758. The van der Waals surface area contributed by atoms with Crippen LogP contribution in [-0.2, 0) is 18.4 Å². The second-order valence-corrected chi connectivity index (χ2v) is 5.53. The van der Waals surface area contributed by atoms with Crippen molar-refractivity contribution in [1.29, 1.82) is 0 Å². The Morgan fingerprint density at radius 1 is 1.38 bits per heavy atom. The van der Waals surface area contributed by atoms with Gasteiger partial charge in [-0.15, -0.1) is 0 Å². The summed E-state index contributed by atoms with van der Waals surface area (Å²) >= 11 is 0. The summed E-state index contributed by atoms with van der Waals surface area (Å²) in [6.45, 7) is 0.769. The minimum absolute atomic E-state index is 0.0249. The van der Waals surface area contributed by atoms with E-state index in [1.807, 2.05) is 19.3 Å². The monoisotopic (exact) mass is 294 g/mol. The average molecular weight is 294 g/mol. The first kappa shape index (κ1) is 15.3. The Morgan fingerprint density at radius 3 is 2.81 bits per heavy atom. The highest BCUT2D eigenvalue weighted by Gasteiger charge is 2.30. The molecular formula is C14H22N4O3. The van der Waals surface area contributed by atoms with E-state index >= 15 is 0 Å². The Morgan fingerprint density at radius 2 is 2.14 bits per heavy atom. The number of carboxylic acids is 1. The van der Waals surface area contributed by atoms with Gasteiger partial charge in [-0.3, -0.25) is 9.48 Å². The summed E-state index contributed by atoms with van der Waals surface area (Å²) in [6, 6.07) is 1.55. The van der Waals surface area contributed by atoms with Crippen molar-refractivity contribution in [1.82, 2.24) is 20.4 Å². The maximum atomic E-state index is 11.7. The summed E-state index contributed by atoms with van der Waals surface area (Å²) in [7, 11) is 1.82. The topological polar surface area (TPSA) is 96.2 Å². The van der Waals surface area contributed by atoms with Crippen molar-refractivity contribution in [2.75, 3.05) is 6.54 Å². The van der Waals surface area contributed by atoms with Gasteiger partial charge in [-0.25, -0.2) is 4.79 Å². The van der Waals surface area contributed by atoms with Crippen LogP contribution in [-0.4, -0.2) is 33.4 Å². The fourth-order valence-electron chi connectivity index (χ4n) is 2.79. The van der Waals surface area contributed by atoms with Gasteiger partial charge in [-0.1, -0.05) is 12.8 Å². The highest BCUT2D eigenvalue weighted by atomic mass is 16.4. The number of rotatable bonds is 5. The minimum atomic E-state index is -0.754. The number of hydrogen-bond donors (Lipinski definition) is 3. The molecule has 21 heavy (non-hydrogen) atoms. The number of nitrogens with zero attached hydrogens (tertiary/aromatic N) is 2. The Bertz CT molecular complexity index is 500. The molecule has 1 heterocycles. The van der Waals surface area contributed by atoms with E-state index in [-0.39, 0.29) is 17.9 Å². The highest BCUT2D eigenvalue weighted by molar-refractivity contribution is 5.74. The molecule has 0 aliphatic heterocycles. The number of carbonyl (C=O) groups is 2. The molecule has 2 unspecified atom stereocenters. The smallest absolute Gasteiger partial charge is 0.315 e. The molecule has 1 aliphatic carbocycles. The normalized spacial score (nSPS) is 21.8. The van der Waals surface area contributed by atoms with Gasteiger partial charge in [0.2, 0.25) is 0 Å². The third-order valence-corrected chi connectivity index (χ3v) is 3.95. The predicted octanol–water partition coefficient (Wildman–Crippen LogP) is 1.11. The molecule has 1 aliphatic rings. The number of carboxylic acid groups (broad SMARTS) is 1. The molecule has 0 aromatic carbocycles. The Kier molecular flexibility index (Phi) is 5.19. The fraction of sp³-hybridized carbons (Fsp3) is 0.643. The van der Waals surface area contributed by atoms with Crippen molar-refractivity contribution in [3.63, 3.8) is 0 Å². The zero-order chi connectivity index (χ0) is 15.2. The largest absolute Gasteiger partial charge is 0.481 e. The Balaban J connectivity index is 1.73. The summed E-state index contributed by atoms with van der Waals surface area (Å²) in [5, 5.41) is 18.8. The van der Waals surface area contributed by atoms with Gasteiger partial charge in [0.25, 0.3) is 0 Å². The standard InChI is InChI=1S/C14H22N4O3/c1-18-7-6-11(17-18)9-16-14(21)15-8-10-4-2-3-5-12(10)13(19)20/h6-7,10,12H,2-5,8-9H2,1H3,(H,19,20)(H2,15,16,21). The maximum Gasteiger partial charge on any atom is 0.315 e. The predicted molar refractivity (Wildman–Crippen MR) is 76.5 cm³/mol. The molecule has 1 aromatic heterocycles. The van der Waals surface area contributed by atoms with Gasteiger partial charge < -0.3 is 15.7 Å². The maximum absolute atomic E-state index is 11.7. The van der Waals surface area contributed by atoms with Gasteiger partial charge in [0.15, 0.2) is 0 Å². The number of amides is 2. The molecule has 0 saturated heterocycles. The second kappa shape index (κ2) is 7.10. The van der Waals surface area contributed by atoms with E-state index in [0.29, 0.717) is 19.5 Å². The number of aryl methyl sites for hydroxylation is 1. The van der Waals surface area contributed by atoms with Crippen LogP contribution in [0.15, 0.2) is 12.3 Å². The van der Waals surface area contributed by atoms with Crippen molar-refractivity contribution in [3.05, 3.63) is 18.0 Å². The molecule has 1 saturated carbocycles. The number of aromatic nitrogens is 2. The van der Waals surface area contributed by atoms with Crippen LogP contribution in [0.4, 0.5) is 4.79 Å². The first-order chi connectivity index (χ1) is 10.1. The lowest BCUT2D eigenvalue weighted by molar-refractivity contribution is -0.144. The number of nitrogens with one attached hydrogen (secondary N) is 2. The number of urea groups is 1. The molecule has 3 N–H and O–H groups in total. The summed E-state index contributed by atoms with van der Waals surface area (Å²) < 4.78 is 1.68. The zero-order valence-corrected chi connectivity index (χ0v) is 12.2. The molecule has 0 radical (unpaired) electrons. The molecule has 0 spiro atoms. The average Bonchev–Trinajstić information content (AvgIpc) is 2.88. The number of aliphatic carboxylic acids is 1. The van der Waals surface area contributed by atoms with Gasteiger partial charge in [0.1, 0.15) is 0 Å². The van der Waals surface area contributed by atoms with Crippen LogP contribution < -0.4 is 10.6 Å². The molecule has 1 aromatic rings. The van der Waals surface area contributed by atoms with E-state index in [0.717, 1.165) is 25.0 Å². The van der Waals surface area contributed by atoms with E-state index in [9.17, 15) is 14.7 Å². The van der Waals surface area contributed by atoms with E-state index in [4.69, 9.17) is 0 Å². The Labute approximate surface area is 123 Å². The van der Waals surface area contributed by atoms with E-state index < -0.39 is 5.97 Å². The molecule has 2 atom stereocenters. The van der Waals surface area contributed by atoms with Crippen molar-refractivity contribution in [2.45, 2.75) is 32.2 Å². The summed E-state index contributed by atoms with van der Waals surface area (Å²) in [6.07, 6.45) is 5.37. The van der Waals surface area contributed by atoms with E-state index in [2.05, 4.69) is 15.7 Å². The number of hydrogen-bond acceptors (Lipinski definition) is 3. The third-order valence-electron chi connectivity index (χ3n) is 3.95. The van der Waals surface area contributed by atoms with Crippen molar-refractivity contribution in [2.24, 2.45) is 18.9 Å². The van der Waals surface area contributed by atoms with E-state index in [1.165, 1.54) is 0 Å². The molecule has 7 heteroatoms. The van der Waals surface area contributed by atoms with Crippen LogP contribution in [0, 0.1) is 11.8 Å². The minimum Gasteiger partial charge on any atom is -0.481 e. The van der Waals surface area contributed by atoms with Gasteiger partial charge in [0, 0.05) is 19.8 Å². The lowest BCUT2D eigenvalue weighted by Gasteiger charge is -2.28. The van der Waals surface area contributed by atoms with Gasteiger partial charge in [-0.2, -0.15) is 5.10 Å². The van der Waals surface area contributed by atoms with Crippen LogP contribution in [0.25, 0.3) is 0 Å². The molecule has 1 fully saturated rings. The second-order valence-electron chi connectivity index (χ2n) is 5.53. The van der Waals surface area contributed by atoms with Gasteiger partial charge >= 0.3 is 12.0 Å². The van der Waals surface area contributed by atoms with Crippen LogP contribution in [0.5, 0.6) is 0 Å². The SMILES string of the molecule is Cn1ccc(CNC(=O)NCC2CCCCC2C(=O)O)n1. The lowest BCUT2D eigenvalue weighted by Crippen LogP contribution is -2.41. The summed E-state index contributed by atoms with van der Waals surface area (Å²) in [5.41, 5.74) is 0.786. The molecule has 0 bridgehead atoms. The van der Waals surface area contributed by atoms with Crippen molar-refractivity contribution < 1.29 is 14.7 Å². The fourth-order valence-corrected chi connectivity index (χ4v) is 2.79. The van der Waals surface area contributed by atoms with Gasteiger partial charge in [-0.05, 0) is 24.8 Å². The molecule has 2 rings (SSSR count). The van der Waals surface area contributed by atoms with Crippen molar-refractivity contribution >= 4 is 12.0 Å². The van der Waals surface area contributed by atoms with Crippen LogP contribution in [0.2, 0.25) is 0 Å². The third kappa shape index (κ3) is 4.47. The van der Waals surface area contributed by atoms with Crippen LogP contribution >= 0.6 is 0 Å². The van der Waals surface area contributed by atoms with Crippen LogP contribution in [0.3, 0.4) is 0 Å². The summed E-state index contributed by atoms with van der Waals surface area (Å²) in [4.78, 5) is 22.9. The van der Waals surface area contributed by atoms with E-state index in [1.54, 1.807) is 4.68 Å². The first-order valence-corrected chi connectivity index (χ1v) is 7.29. The lowest BCUT2D eigenvalue weighted by atomic mass is 9.79. The van der Waals surface area contributed by atoms with Crippen molar-refractivity contribution in [3.8, 4) is 0 Å². The highest BCUT2D eigenvalue weighted by Crippen LogP contribution is 2.29. The molecule has 7 nitrogen and oxygen atoms in total.